The zero-order valence-corrected chi connectivity index (χ0v) is 19.7. The Morgan fingerprint density at radius 3 is 2.40 bits per heavy atom. The first-order valence-electron chi connectivity index (χ1n) is 12.2. The highest BCUT2D eigenvalue weighted by Gasteiger charge is 2.23. The summed E-state index contributed by atoms with van der Waals surface area (Å²) in [4.78, 5) is 13.5. The van der Waals surface area contributed by atoms with Gasteiger partial charge < -0.3 is 21.4 Å². The molecule has 178 valence electrons. The summed E-state index contributed by atoms with van der Waals surface area (Å²) in [6, 6.07) is 26.5. The van der Waals surface area contributed by atoms with Gasteiger partial charge in [-0.1, -0.05) is 66.7 Å². The van der Waals surface area contributed by atoms with Crippen LogP contribution in [0.2, 0.25) is 0 Å². The fourth-order valence-electron chi connectivity index (χ4n) is 5.03. The number of hydrogen-bond donors (Lipinski definition) is 4. The number of rotatable bonds is 6. The third-order valence-corrected chi connectivity index (χ3v) is 6.99. The van der Waals surface area contributed by atoms with Crippen LogP contribution in [0, 0.1) is 5.41 Å². The summed E-state index contributed by atoms with van der Waals surface area (Å²) in [5.41, 5.74) is 17.4. The fourth-order valence-corrected chi connectivity index (χ4v) is 5.03. The number of nitrogens with one attached hydrogen (secondary N) is 2. The van der Waals surface area contributed by atoms with Crippen molar-refractivity contribution in [1.29, 1.82) is 5.41 Å². The van der Waals surface area contributed by atoms with E-state index >= 15 is 0 Å². The number of nitrogen functional groups attached to an aromatic ring is 1. The molecule has 4 aromatic rings. The second-order valence-electron chi connectivity index (χ2n) is 9.41. The van der Waals surface area contributed by atoms with Crippen molar-refractivity contribution in [2.75, 3.05) is 0 Å². The summed E-state index contributed by atoms with van der Waals surface area (Å²) >= 11 is 0. The number of hydrogen-bond acceptors (Lipinski definition) is 3. The average molecular weight is 466 g/mol. The number of fused-ring (bicyclic) bond motifs is 1. The van der Waals surface area contributed by atoms with Crippen molar-refractivity contribution >= 4 is 22.6 Å². The van der Waals surface area contributed by atoms with Crippen molar-refractivity contribution in [3.8, 4) is 11.1 Å². The SMILES string of the molecule is N=C(N)c1ccc2cc(C(=O)N[C@H]3CC[C@H](N)CC3)n(Cc3ccccc3-c3ccccc3)c2c1. The molecule has 0 radical (unpaired) electrons. The Morgan fingerprint density at radius 2 is 1.66 bits per heavy atom. The minimum atomic E-state index is -0.0803. The van der Waals surface area contributed by atoms with Crippen LogP contribution in [-0.2, 0) is 6.54 Å². The third kappa shape index (κ3) is 4.84. The molecule has 1 aliphatic rings. The maximum Gasteiger partial charge on any atom is 0.268 e. The average Bonchev–Trinajstić information content (AvgIpc) is 3.24. The van der Waals surface area contributed by atoms with Gasteiger partial charge in [0.25, 0.3) is 5.91 Å². The van der Waals surface area contributed by atoms with Crippen molar-refractivity contribution in [3.05, 3.63) is 95.7 Å². The number of benzene rings is 3. The Bertz CT molecular complexity index is 1370. The van der Waals surface area contributed by atoms with Gasteiger partial charge in [0.05, 0.1) is 0 Å². The minimum Gasteiger partial charge on any atom is -0.384 e. The van der Waals surface area contributed by atoms with Gasteiger partial charge in [0.15, 0.2) is 0 Å². The van der Waals surface area contributed by atoms with E-state index in [2.05, 4.69) is 29.6 Å². The number of nitrogens with zero attached hydrogens (tertiary/aromatic N) is 1. The highest BCUT2D eigenvalue weighted by Crippen LogP contribution is 2.28. The molecule has 6 N–H and O–H groups in total. The Labute approximate surface area is 205 Å². The van der Waals surface area contributed by atoms with Crippen LogP contribution >= 0.6 is 0 Å². The summed E-state index contributed by atoms with van der Waals surface area (Å²) in [6.07, 6.45) is 3.66. The van der Waals surface area contributed by atoms with Gasteiger partial charge in [0, 0.05) is 35.1 Å². The largest absolute Gasteiger partial charge is 0.384 e. The van der Waals surface area contributed by atoms with Crippen LogP contribution < -0.4 is 16.8 Å². The van der Waals surface area contributed by atoms with Gasteiger partial charge in [-0.3, -0.25) is 10.2 Å². The molecule has 35 heavy (non-hydrogen) atoms. The van der Waals surface area contributed by atoms with E-state index in [1.165, 1.54) is 0 Å². The van der Waals surface area contributed by atoms with Crippen LogP contribution in [0.1, 0.15) is 47.3 Å². The molecule has 0 spiro atoms. The Kier molecular flexibility index (Phi) is 6.38. The van der Waals surface area contributed by atoms with Crippen LogP contribution in [0.3, 0.4) is 0 Å². The molecule has 1 amide bonds. The molecule has 1 aromatic heterocycles. The van der Waals surface area contributed by atoms with Crippen LogP contribution in [0.15, 0.2) is 78.9 Å². The summed E-state index contributed by atoms with van der Waals surface area (Å²) in [6.45, 7) is 0.522. The number of aromatic nitrogens is 1. The molecule has 0 saturated heterocycles. The fraction of sp³-hybridized carbons (Fsp3) is 0.241. The summed E-state index contributed by atoms with van der Waals surface area (Å²) < 4.78 is 2.05. The van der Waals surface area contributed by atoms with Gasteiger partial charge in [0.1, 0.15) is 11.5 Å². The molecule has 6 heteroatoms. The molecule has 1 aliphatic carbocycles. The lowest BCUT2D eigenvalue weighted by Crippen LogP contribution is -2.41. The second kappa shape index (κ2) is 9.76. The Balaban J connectivity index is 1.56. The molecular formula is C29H31N5O. The maximum absolute atomic E-state index is 13.5. The van der Waals surface area contributed by atoms with Crippen molar-refractivity contribution < 1.29 is 4.79 Å². The third-order valence-electron chi connectivity index (χ3n) is 6.99. The zero-order valence-electron chi connectivity index (χ0n) is 19.7. The predicted molar refractivity (Wildman–Crippen MR) is 142 cm³/mol. The molecule has 5 rings (SSSR count). The van der Waals surface area contributed by atoms with Crippen LogP contribution in [0.25, 0.3) is 22.0 Å². The molecule has 1 saturated carbocycles. The Hall–Kier alpha value is -3.90. The monoisotopic (exact) mass is 465 g/mol. The van der Waals surface area contributed by atoms with Gasteiger partial charge >= 0.3 is 0 Å². The summed E-state index contributed by atoms with van der Waals surface area (Å²) in [5.74, 6) is -0.0721. The molecule has 0 atom stereocenters. The standard InChI is InChI=1S/C29H31N5O/c30-23-12-14-24(15-13-23)33-29(35)27-16-20-10-11-21(28(31)32)17-26(20)34(27)18-22-8-4-5-9-25(22)19-6-2-1-3-7-19/h1-11,16-17,23-24H,12-15,18,30H2,(H3,31,32)(H,33,35)/t23-,24-. The van der Waals surface area contributed by atoms with Gasteiger partial charge in [-0.25, -0.2) is 0 Å². The molecule has 1 fully saturated rings. The quantitative estimate of drug-likeness (QED) is 0.246. The molecule has 0 unspecified atom stereocenters. The maximum atomic E-state index is 13.5. The number of carbonyl (C=O) groups is 1. The first-order chi connectivity index (χ1) is 17.0. The molecule has 0 aliphatic heterocycles. The van der Waals surface area contributed by atoms with Gasteiger partial charge in [-0.05, 0) is 54.5 Å². The first-order valence-corrected chi connectivity index (χ1v) is 12.2. The Morgan fingerprint density at radius 1 is 0.943 bits per heavy atom. The van der Waals surface area contributed by atoms with E-state index in [1.54, 1.807) is 0 Å². The number of amides is 1. The van der Waals surface area contributed by atoms with E-state index in [9.17, 15) is 4.79 Å². The predicted octanol–water partition coefficient (Wildman–Crippen LogP) is 4.64. The molecule has 3 aromatic carbocycles. The lowest BCUT2D eigenvalue weighted by atomic mass is 9.92. The van der Waals surface area contributed by atoms with E-state index in [-0.39, 0.29) is 23.8 Å². The topological polar surface area (TPSA) is 110 Å². The summed E-state index contributed by atoms with van der Waals surface area (Å²) in [7, 11) is 0. The van der Waals surface area contributed by atoms with Gasteiger partial charge in [-0.15, -0.1) is 0 Å². The minimum absolute atomic E-state index is 0.00822. The van der Waals surface area contributed by atoms with Gasteiger partial charge in [-0.2, -0.15) is 0 Å². The zero-order chi connectivity index (χ0) is 24.4. The number of nitrogens with two attached hydrogens (primary N) is 2. The van der Waals surface area contributed by atoms with Crippen molar-refractivity contribution in [3.63, 3.8) is 0 Å². The van der Waals surface area contributed by atoms with E-state index in [0.717, 1.165) is 53.3 Å². The molecule has 6 nitrogen and oxygen atoms in total. The van der Waals surface area contributed by atoms with Crippen LogP contribution in [0.4, 0.5) is 0 Å². The van der Waals surface area contributed by atoms with Crippen LogP contribution in [0.5, 0.6) is 0 Å². The number of carbonyl (C=O) groups excluding carboxylic acids is 1. The highest BCUT2D eigenvalue weighted by molar-refractivity contribution is 6.02. The lowest BCUT2D eigenvalue weighted by Gasteiger charge is -2.27. The second-order valence-corrected chi connectivity index (χ2v) is 9.41. The van der Waals surface area contributed by atoms with E-state index in [1.807, 2.05) is 59.2 Å². The van der Waals surface area contributed by atoms with Crippen LogP contribution in [-0.4, -0.2) is 28.4 Å². The summed E-state index contributed by atoms with van der Waals surface area (Å²) in [5, 5.41) is 12.1. The first kappa shape index (κ1) is 22.9. The van der Waals surface area contributed by atoms with Gasteiger partial charge in [0.2, 0.25) is 0 Å². The molecule has 0 bridgehead atoms. The molecule has 1 heterocycles. The van der Waals surface area contributed by atoms with E-state index < -0.39 is 0 Å². The van der Waals surface area contributed by atoms with Crippen molar-refractivity contribution in [2.45, 2.75) is 44.3 Å². The number of amidine groups is 1. The van der Waals surface area contributed by atoms with E-state index in [0.29, 0.717) is 17.8 Å². The lowest BCUT2D eigenvalue weighted by molar-refractivity contribution is 0.0917. The van der Waals surface area contributed by atoms with Crippen molar-refractivity contribution in [1.82, 2.24) is 9.88 Å². The van der Waals surface area contributed by atoms with E-state index in [4.69, 9.17) is 16.9 Å². The molecular weight excluding hydrogens is 434 g/mol. The normalized spacial score (nSPS) is 17.9. The van der Waals surface area contributed by atoms with Crippen molar-refractivity contribution in [2.24, 2.45) is 11.5 Å². The smallest absolute Gasteiger partial charge is 0.268 e. The highest BCUT2D eigenvalue weighted by atomic mass is 16.2.